The van der Waals surface area contributed by atoms with Gasteiger partial charge in [0.25, 0.3) is 5.91 Å². The monoisotopic (exact) mass is 389 g/mol. The summed E-state index contributed by atoms with van der Waals surface area (Å²) in [6.45, 7) is 4.67. The fourth-order valence-electron chi connectivity index (χ4n) is 2.92. The van der Waals surface area contributed by atoms with Crippen LogP contribution in [0, 0.1) is 0 Å². The molecule has 2 aromatic rings. The van der Waals surface area contributed by atoms with Gasteiger partial charge in [-0.25, -0.2) is 18.4 Å². The summed E-state index contributed by atoms with van der Waals surface area (Å²) < 4.78 is 23.2. The van der Waals surface area contributed by atoms with Gasteiger partial charge in [0.05, 0.1) is 4.90 Å². The van der Waals surface area contributed by atoms with Crippen molar-refractivity contribution < 1.29 is 13.2 Å². The molecule has 0 aliphatic carbocycles. The van der Waals surface area contributed by atoms with Gasteiger partial charge < -0.3 is 10.2 Å². The topological polar surface area (TPSA) is 95.5 Å². The molecule has 1 amide bonds. The summed E-state index contributed by atoms with van der Waals surface area (Å²) in [5.74, 6) is 0.480. The molecule has 8 nitrogen and oxygen atoms in total. The maximum Gasteiger partial charge on any atom is 0.251 e. The van der Waals surface area contributed by atoms with Crippen molar-refractivity contribution in [1.29, 1.82) is 0 Å². The summed E-state index contributed by atoms with van der Waals surface area (Å²) in [6, 6.07) is 7.89. The molecule has 1 N–H and O–H groups in total. The normalized spacial score (nSPS) is 15.5. The van der Waals surface area contributed by atoms with Crippen molar-refractivity contribution in [3.63, 3.8) is 0 Å². The number of nitrogens with one attached hydrogen (secondary N) is 1. The van der Waals surface area contributed by atoms with E-state index in [4.69, 9.17) is 0 Å². The van der Waals surface area contributed by atoms with Crippen molar-refractivity contribution in [2.45, 2.75) is 4.90 Å². The highest BCUT2D eigenvalue weighted by atomic mass is 32.2. The van der Waals surface area contributed by atoms with E-state index in [9.17, 15) is 13.2 Å². The van der Waals surface area contributed by atoms with E-state index in [1.165, 1.54) is 12.1 Å². The second-order valence-corrected chi connectivity index (χ2v) is 8.45. The Morgan fingerprint density at radius 2 is 1.81 bits per heavy atom. The van der Waals surface area contributed by atoms with E-state index in [-0.39, 0.29) is 10.8 Å². The van der Waals surface area contributed by atoms with Gasteiger partial charge in [-0.05, 0) is 24.3 Å². The van der Waals surface area contributed by atoms with Crippen LogP contribution in [0.4, 0.5) is 5.95 Å². The first-order valence-corrected chi connectivity index (χ1v) is 10.7. The number of nitrogens with zero attached hydrogens (tertiary/aromatic N) is 4. The number of aromatic nitrogens is 2. The first-order chi connectivity index (χ1) is 12.9. The van der Waals surface area contributed by atoms with E-state index >= 15 is 0 Å². The van der Waals surface area contributed by atoms with E-state index in [0.717, 1.165) is 44.9 Å². The Labute approximate surface area is 159 Å². The van der Waals surface area contributed by atoms with Crippen molar-refractivity contribution in [1.82, 2.24) is 20.2 Å². The summed E-state index contributed by atoms with van der Waals surface area (Å²) in [4.78, 5) is 25.4. The van der Waals surface area contributed by atoms with Crippen molar-refractivity contribution in [2.24, 2.45) is 0 Å². The molecule has 3 rings (SSSR count). The number of rotatable bonds is 6. The zero-order valence-electron chi connectivity index (χ0n) is 15.2. The minimum atomic E-state index is -3.33. The minimum Gasteiger partial charge on any atom is -0.351 e. The number of carbonyl (C=O) groups is 1. The Morgan fingerprint density at radius 3 is 2.48 bits per heavy atom. The number of amides is 1. The number of benzene rings is 1. The second kappa shape index (κ2) is 8.45. The van der Waals surface area contributed by atoms with Crippen LogP contribution in [-0.4, -0.2) is 74.7 Å². The lowest BCUT2D eigenvalue weighted by Gasteiger charge is -2.34. The molecule has 9 heteroatoms. The third-order valence-electron chi connectivity index (χ3n) is 4.45. The lowest BCUT2D eigenvalue weighted by Crippen LogP contribution is -2.49. The molecule has 0 spiro atoms. The summed E-state index contributed by atoms with van der Waals surface area (Å²) >= 11 is 0. The fourth-order valence-corrected chi connectivity index (χ4v) is 3.59. The van der Waals surface area contributed by atoms with Gasteiger partial charge in [0.15, 0.2) is 9.84 Å². The predicted molar refractivity (Wildman–Crippen MR) is 103 cm³/mol. The van der Waals surface area contributed by atoms with Gasteiger partial charge in [0.2, 0.25) is 5.95 Å². The van der Waals surface area contributed by atoms with Gasteiger partial charge >= 0.3 is 0 Å². The summed E-state index contributed by atoms with van der Waals surface area (Å²) in [5, 5.41) is 2.85. The number of hydrogen-bond donors (Lipinski definition) is 1. The molecule has 144 valence electrons. The van der Waals surface area contributed by atoms with E-state index in [1.807, 2.05) is 0 Å². The van der Waals surface area contributed by atoms with Crippen LogP contribution in [0.3, 0.4) is 0 Å². The molecule has 0 saturated carbocycles. The average Bonchev–Trinajstić information content (AvgIpc) is 2.68. The molecule has 1 saturated heterocycles. The van der Waals surface area contributed by atoms with Crippen molar-refractivity contribution >= 4 is 21.7 Å². The number of carbonyl (C=O) groups excluding carboxylic acids is 1. The van der Waals surface area contributed by atoms with Gasteiger partial charge in [-0.3, -0.25) is 9.69 Å². The van der Waals surface area contributed by atoms with Gasteiger partial charge in [-0.2, -0.15) is 0 Å². The molecule has 1 aliphatic heterocycles. The number of sulfone groups is 1. The summed E-state index contributed by atoms with van der Waals surface area (Å²) in [5.41, 5.74) is 0.351. The molecular weight excluding hydrogens is 366 g/mol. The van der Waals surface area contributed by atoms with Crippen LogP contribution in [0.25, 0.3) is 0 Å². The molecule has 0 radical (unpaired) electrons. The maximum absolute atomic E-state index is 12.3. The molecular formula is C18H23N5O3S. The first kappa shape index (κ1) is 19.2. The molecule has 2 heterocycles. The minimum absolute atomic E-state index is 0.148. The summed E-state index contributed by atoms with van der Waals surface area (Å²) in [6.07, 6.45) is 4.61. The quantitative estimate of drug-likeness (QED) is 0.765. The van der Waals surface area contributed by atoms with Crippen LogP contribution in [-0.2, 0) is 9.84 Å². The van der Waals surface area contributed by atoms with Crippen molar-refractivity contribution in [3.8, 4) is 0 Å². The van der Waals surface area contributed by atoms with Crippen LogP contribution in [0.15, 0.2) is 47.6 Å². The van der Waals surface area contributed by atoms with Crippen molar-refractivity contribution in [2.75, 3.05) is 50.4 Å². The molecule has 1 aliphatic rings. The Bertz CT molecular complexity index is 881. The Balaban J connectivity index is 1.45. The Kier molecular flexibility index (Phi) is 6.02. The highest BCUT2D eigenvalue weighted by Gasteiger charge is 2.18. The van der Waals surface area contributed by atoms with E-state index < -0.39 is 9.84 Å². The second-order valence-electron chi connectivity index (χ2n) is 6.43. The van der Waals surface area contributed by atoms with Gasteiger partial charge in [0, 0.05) is 63.5 Å². The van der Waals surface area contributed by atoms with Crippen LogP contribution in [0.1, 0.15) is 10.4 Å². The smallest absolute Gasteiger partial charge is 0.251 e. The highest BCUT2D eigenvalue weighted by Crippen LogP contribution is 2.11. The Hall–Kier alpha value is -2.52. The molecule has 1 aromatic carbocycles. The van der Waals surface area contributed by atoms with E-state index in [2.05, 4.69) is 25.1 Å². The van der Waals surface area contributed by atoms with Crippen molar-refractivity contribution in [3.05, 3.63) is 48.3 Å². The zero-order valence-corrected chi connectivity index (χ0v) is 16.0. The van der Waals surface area contributed by atoms with Crippen LogP contribution < -0.4 is 10.2 Å². The zero-order chi connectivity index (χ0) is 19.3. The van der Waals surface area contributed by atoms with Crippen LogP contribution >= 0.6 is 0 Å². The molecule has 0 unspecified atom stereocenters. The lowest BCUT2D eigenvalue weighted by atomic mass is 10.2. The number of hydrogen-bond acceptors (Lipinski definition) is 7. The van der Waals surface area contributed by atoms with E-state index in [0.29, 0.717) is 12.1 Å². The van der Waals surface area contributed by atoms with Gasteiger partial charge in [-0.15, -0.1) is 0 Å². The third-order valence-corrected chi connectivity index (χ3v) is 5.56. The number of anilines is 1. The SMILES string of the molecule is CS(=O)(=O)c1cccc(C(=O)NCCN2CCN(c3ncccn3)CC2)c1. The highest BCUT2D eigenvalue weighted by molar-refractivity contribution is 7.90. The third kappa shape index (κ3) is 5.24. The summed E-state index contributed by atoms with van der Waals surface area (Å²) in [7, 11) is -3.33. The number of piperazine rings is 1. The largest absolute Gasteiger partial charge is 0.351 e. The Morgan fingerprint density at radius 1 is 1.11 bits per heavy atom. The molecule has 0 bridgehead atoms. The van der Waals surface area contributed by atoms with E-state index in [1.54, 1.807) is 30.6 Å². The van der Waals surface area contributed by atoms with Gasteiger partial charge in [-0.1, -0.05) is 6.07 Å². The predicted octanol–water partition coefficient (Wildman–Crippen LogP) is 0.432. The molecule has 1 aromatic heterocycles. The molecule has 0 atom stereocenters. The average molecular weight is 389 g/mol. The molecule has 27 heavy (non-hydrogen) atoms. The van der Waals surface area contributed by atoms with Crippen LogP contribution in [0.5, 0.6) is 0 Å². The van der Waals surface area contributed by atoms with Gasteiger partial charge in [0.1, 0.15) is 0 Å². The maximum atomic E-state index is 12.3. The fraction of sp³-hybridized carbons (Fsp3) is 0.389. The first-order valence-electron chi connectivity index (χ1n) is 8.76. The lowest BCUT2D eigenvalue weighted by molar-refractivity contribution is 0.0947. The standard InChI is InChI=1S/C18H23N5O3S/c1-27(25,26)16-5-2-4-15(14-16)17(24)19-8-9-22-10-12-23(13-11-22)18-20-6-3-7-21-18/h2-7,14H,8-13H2,1H3,(H,19,24). The van der Waals surface area contributed by atoms with Crippen LogP contribution in [0.2, 0.25) is 0 Å². The molecule has 1 fully saturated rings.